The zero-order valence-electron chi connectivity index (χ0n) is 23.0. The van der Waals surface area contributed by atoms with Gasteiger partial charge in [-0.3, -0.25) is 9.59 Å². The number of ether oxygens (including phenoxy) is 3. The van der Waals surface area contributed by atoms with Crippen molar-refractivity contribution in [3.8, 4) is 11.5 Å². The molecule has 1 aromatic carbocycles. The summed E-state index contributed by atoms with van der Waals surface area (Å²) in [5.74, 6) is 4.17. The molecule has 3 aliphatic rings. The molecule has 0 bridgehead atoms. The largest absolute Gasteiger partial charge is 0.497 e. The Morgan fingerprint density at radius 2 is 1.59 bits per heavy atom. The number of carbonyl (C=O) groups is 2. The summed E-state index contributed by atoms with van der Waals surface area (Å²) in [5.41, 5.74) is 0.867. The van der Waals surface area contributed by atoms with Gasteiger partial charge in [0.05, 0.1) is 32.5 Å². The van der Waals surface area contributed by atoms with Crippen LogP contribution in [0.2, 0.25) is 0 Å². The SMILES string of the molecule is CCC1CCC(C2CCC(COc3ccc(OC)cc3/C=C(\C(C)=O)C(=O)N3CCOCC3)CC2)CC1. The molecule has 0 atom stereocenters. The number of hydrogen-bond acceptors (Lipinski definition) is 5. The molecule has 6 heteroatoms. The summed E-state index contributed by atoms with van der Waals surface area (Å²) in [5, 5.41) is 0. The van der Waals surface area contributed by atoms with Crippen LogP contribution in [0, 0.1) is 23.7 Å². The van der Waals surface area contributed by atoms with Crippen molar-refractivity contribution in [1.82, 2.24) is 4.90 Å². The van der Waals surface area contributed by atoms with Crippen molar-refractivity contribution in [2.24, 2.45) is 23.7 Å². The standard InChI is InChI=1S/C31H45NO5/c1-4-23-5-9-25(10-6-23)26-11-7-24(8-12-26)21-37-30-14-13-28(35-3)19-27(30)20-29(22(2)33)31(34)32-15-17-36-18-16-32/h13-14,19-20,23-26H,4-12,15-18,21H2,1-3H3/b29-20+. The summed E-state index contributed by atoms with van der Waals surface area (Å²) in [6.07, 6.45) is 13.8. The Kier molecular flexibility index (Phi) is 10.1. The molecule has 3 fully saturated rings. The van der Waals surface area contributed by atoms with Gasteiger partial charge in [0.15, 0.2) is 5.78 Å². The van der Waals surface area contributed by atoms with Crippen molar-refractivity contribution in [2.75, 3.05) is 40.0 Å². The van der Waals surface area contributed by atoms with Gasteiger partial charge in [0.2, 0.25) is 0 Å². The van der Waals surface area contributed by atoms with Crippen LogP contribution in [0.3, 0.4) is 0 Å². The number of hydrogen-bond donors (Lipinski definition) is 0. The maximum atomic E-state index is 13.1. The van der Waals surface area contributed by atoms with Crippen LogP contribution in [-0.4, -0.2) is 56.6 Å². The highest BCUT2D eigenvalue weighted by atomic mass is 16.5. The molecule has 37 heavy (non-hydrogen) atoms. The van der Waals surface area contributed by atoms with Crippen molar-refractivity contribution in [2.45, 2.75) is 71.6 Å². The predicted octanol–water partition coefficient (Wildman–Crippen LogP) is 5.93. The molecule has 1 saturated heterocycles. The van der Waals surface area contributed by atoms with Crippen LogP contribution in [0.4, 0.5) is 0 Å². The minimum Gasteiger partial charge on any atom is -0.497 e. The first kappa shape index (κ1) is 27.7. The molecular formula is C31H45NO5. The first-order valence-corrected chi connectivity index (χ1v) is 14.4. The molecule has 0 aromatic heterocycles. The lowest BCUT2D eigenvalue weighted by Crippen LogP contribution is -2.42. The lowest BCUT2D eigenvalue weighted by molar-refractivity contribution is -0.132. The monoisotopic (exact) mass is 511 g/mol. The minimum absolute atomic E-state index is 0.165. The first-order valence-electron chi connectivity index (χ1n) is 14.4. The van der Waals surface area contributed by atoms with E-state index in [0.29, 0.717) is 55.9 Å². The fraction of sp³-hybridized carbons (Fsp3) is 0.677. The Labute approximate surface area is 222 Å². The van der Waals surface area contributed by atoms with Crippen molar-refractivity contribution in [1.29, 1.82) is 0 Å². The molecule has 0 unspecified atom stereocenters. The maximum Gasteiger partial charge on any atom is 0.257 e. The molecule has 0 radical (unpaired) electrons. The summed E-state index contributed by atoms with van der Waals surface area (Å²) in [4.78, 5) is 27.3. The minimum atomic E-state index is -0.254. The van der Waals surface area contributed by atoms with E-state index in [-0.39, 0.29) is 17.3 Å². The highest BCUT2D eigenvalue weighted by Gasteiger charge is 2.31. The van der Waals surface area contributed by atoms with Gasteiger partial charge >= 0.3 is 0 Å². The van der Waals surface area contributed by atoms with E-state index in [4.69, 9.17) is 14.2 Å². The van der Waals surface area contributed by atoms with E-state index in [1.54, 1.807) is 18.1 Å². The van der Waals surface area contributed by atoms with Gasteiger partial charge in [-0.25, -0.2) is 0 Å². The quantitative estimate of drug-likeness (QED) is 0.234. The van der Waals surface area contributed by atoms with Crippen LogP contribution < -0.4 is 9.47 Å². The zero-order chi connectivity index (χ0) is 26.2. The predicted molar refractivity (Wildman–Crippen MR) is 146 cm³/mol. The fourth-order valence-electron chi connectivity index (χ4n) is 6.41. The van der Waals surface area contributed by atoms with E-state index >= 15 is 0 Å². The second-order valence-electron chi connectivity index (χ2n) is 11.2. The molecule has 4 rings (SSSR count). The molecule has 1 aliphatic heterocycles. The van der Waals surface area contributed by atoms with Gasteiger partial charge < -0.3 is 19.1 Å². The second-order valence-corrected chi connectivity index (χ2v) is 11.2. The van der Waals surface area contributed by atoms with Crippen molar-refractivity contribution < 1.29 is 23.8 Å². The van der Waals surface area contributed by atoms with Gasteiger partial charge in [-0.15, -0.1) is 0 Å². The van der Waals surface area contributed by atoms with Gasteiger partial charge in [-0.2, -0.15) is 0 Å². The van der Waals surface area contributed by atoms with Crippen LogP contribution in [0.15, 0.2) is 23.8 Å². The first-order chi connectivity index (χ1) is 18.0. The molecule has 2 aliphatic carbocycles. The van der Waals surface area contributed by atoms with Gasteiger partial charge in [0.1, 0.15) is 11.5 Å². The molecule has 1 heterocycles. The van der Waals surface area contributed by atoms with Crippen LogP contribution in [0.1, 0.15) is 77.2 Å². The molecule has 2 saturated carbocycles. The van der Waals surface area contributed by atoms with Crippen molar-refractivity contribution >= 4 is 17.8 Å². The van der Waals surface area contributed by atoms with E-state index in [2.05, 4.69) is 6.92 Å². The molecule has 1 amide bonds. The lowest BCUT2D eigenvalue weighted by atomic mass is 9.69. The number of morpholine rings is 1. The number of amides is 1. The number of Topliss-reactive ketones (excluding diaryl/α,β-unsaturated/α-hetero) is 1. The number of ketones is 1. The lowest BCUT2D eigenvalue weighted by Gasteiger charge is -2.37. The molecule has 0 spiro atoms. The summed E-state index contributed by atoms with van der Waals surface area (Å²) in [7, 11) is 1.61. The topological polar surface area (TPSA) is 65.1 Å². The number of rotatable bonds is 9. The zero-order valence-corrected chi connectivity index (χ0v) is 23.0. The average molecular weight is 512 g/mol. The number of carbonyl (C=O) groups excluding carboxylic acids is 2. The molecular weight excluding hydrogens is 466 g/mol. The van der Waals surface area contributed by atoms with Crippen molar-refractivity contribution in [3.63, 3.8) is 0 Å². The third kappa shape index (κ3) is 7.37. The van der Waals surface area contributed by atoms with Gasteiger partial charge in [-0.1, -0.05) is 26.2 Å². The Balaban J connectivity index is 1.39. The highest BCUT2D eigenvalue weighted by molar-refractivity contribution is 6.21. The molecule has 6 nitrogen and oxygen atoms in total. The van der Waals surface area contributed by atoms with Crippen LogP contribution in [0.5, 0.6) is 11.5 Å². The Morgan fingerprint density at radius 1 is 0.973 bits per heavy atom. The van der Waals surface area contributed by atoms with Crippen LogP contribution in [0.25, 0.3) is 6.08 Å². The average Bonchev–Trinajstić information content (AvgIpc) is 2.95. The molecule has 0 N–H and O–H groups in total. The van der Waals surface area contributed by atoms with E-state index in [0.717, 1.165) is 17.8 Å². The number of nitrogens with zero attached hydrogens (tertiary/aromatic N) is 1. The summed E-state index contributed by atoms with van der Waals surface area (Å²) in [6.45, 7) is 6.41. The Bertz CT molecular complexity index is 935. The van der Waals surface area contributed by atoms with Gasteiger partial charge in [-0.05, 0) is 93.4 Å². The van der Waals surface area contributed by atoms with Gasteiger partial charge in [0.25, 0.3) is 5.91 Å². The van der Waals surface area contributed by atoms with E-state index < -0.39 is 0 Å². The Morgan fingerprint density at radius 3 is 2.16 bits per heavy atom. The normalized spacial score (nSPS) is 27.0. The summed E-state index contributed by atoms with van der Waals surface area (Å²) >= 11 is 0. The third-order valence-electron chi connectivity index (χ3n) is 8.93. The van der Waals surface area contributed by atoms with Crippen molar-refractivity contribution in [3.05, 3.63) is 29.3 Å². The fourth-order valence-corrected chi connectivity index (χ4v) is 6.41. The third-order valence-corrected chi connectivity index (χ3v) is 8.93. The summed E-state index contributed by atoms with van der Waals surface area (Å²) < 4.78 is 17.1. The van der Waals surface area contributed by atoms with Gasteiger partial charge in [0, 0.05) is 18.7 Å². The smallest absolute Gasteiger partial charge is 0.257 e. The van der Waals surface area contributed by atoms with E-state index in [1.807, 2.05) is 18.2 Å². The van der Waals surface area contributed by atoms with E-state index in [1.165, 1.54) is 64.7 Å². The Hall–Kier alpha value is -2.34. The second kappa shape index (κ2) is 13.5. The van der Waals surface area contributed by atoms with Crippen LogP contribution in [-0.2, 0) is 14.3 Å². The summed E-state index contributed by atoms with van der Waals surface area (Å²) in [6, 6.07) is 5.60. The molecule has 1 aromatic rings. The number of methoxy groups -OCH3 is 1. The van der Waals surface area contributed by atoms with Crippen LogP contribution >= 0.6 is 0 Å². The van der Waals surface area contributed by atoms with E-state index in [9.17, 15) is 9.59 Å². The highest BCUT2D eigenvalue weighted by Crippen LogP contribution is 2.42. The maximum absolute atomic E-state index is 13.1. The molecule has 204 valence electrons. The number of benzene rings is 1.